The van der Waals surface area contributed by atoms with Crippen molar-refractivity contribution in [1.82, 2.24) is 0 Å². The Morgan fingerprint density at radius 1 is 1.00 bits per heavy atom. The second kappa shape index (κ2) is 2.23. The largest absolute Gasteiger partial charge is 0.390 e. The number of fused-ring (bicyclic) bond motifs is 1. The molecular formula is C9H16O. The van der Waals surface area contributed by atoms with E-state index in [1.165, 1.54) is 32.1 Å². The summed E-state index contributed by atoms with van der Waals surface area (Å²) >= 11 is 0. The van der Waals surface area contributed by atoms with Crippen molar-refractivity contribution in [3.8, 4) is 0 Å². The minimum atomic E-state index is -0.210. The van der Waals surface area contributed by atoms with Crippen molar-refractivity contribution in [2.75, 3.05) is 0 Å². The molecule has 0 radical (unpaired) electrons. The van der Waals surface area contributed by atoms with Crippen LogP contribution in [0.2, 0.25) is 0 Å². The lowest BCUT2D eigenvalue weighted by molar-refractivity contribution is -0.0269. The molecule has 1 heteroatoms. The van der Waals surface area contributed by atoms with Crippen molar-refractivity contribution in [3.05, 3.63) is 0 Å². The fourth-order valence-electron chi connectivity index (χ4n) is 2.69. The van der Waals surface area contributed by atoms with Crippen LogP contribution in [0.5, 0.6) is 0 Å². The molecule has 0 aromatic heterocycles. The Balaban J connectivity index is 2.10. The molecule has 0 saturated heterocycles. The van der Waals surface area contributed by atoms with Crippen LogP contribution in [0.15, 0.2) is 0 Å². The lowest BCUT2D eigenvalue weighted by Gasteiger charge is -2.34. The summed E-state index contributed by atoms with van der Waals surface area (Å²) in [4.78, 5) is 0. The normalized spacial score (nSPS) is 47.1. The highest BCUT2D eigenvalue weighted by Gasteiger charge is 2.41. The van der Waals surface area contributed by atoms with Gasteiger partial charge in [0.1, 0.15) is 0 Å². The first-order valence-corrected chi connectivity index (χ1v) is 4.54. The van der Waals surface area contributed by atoms with E-state index in [1.54, 1.807) is 0 Å². The highest BCUT2D eigenvalue weighted by atomic mass is 16.3. The monoisotopic (exact) mass is 140 g/mol. The number of hydrogen-bond acceptors (Lipinski definition) is 1. The quantitative estimate of drug-likeness (QED) is 0.546. The van der Waals surface area contributed by atoms with Crippen LogP contribution < -0.4 is 0 Å². The zero-order chi connectivity index (χ0) is 7.03. The standard InChI is InChI=1S/C9H16O/c10-9-6-2-1-4-8(9)5-3-7-9/h8,10H,1-7H2/t8?,9-/m0/s1. The molecular weight excluding hydrogens is 124 g/mol. The molecule has 2 aliphatic rings. The zero-order valence-electron chi connectivity index (χ0n) is 6.47. The molecule has 0 heterocycles. The fraction of sp³-hybridized carbons (Fsp3) is 1.00. The van der Waals surface area contributed by atoms with E-state index < -0.39 is 0 Å². The Bertz CT molecular complexity index is 133. The molecule has 1 N–H and O–H groups in total. The summed E-state index contributed by atoms with van der Waals surface area (Å²) in [6.45, 7) is 0. The lowest BCUT2D eigenvalue weighted by atomic mass is 9.78. The molecule has 0 spiro atoms. The van der Waals surface area contributed by atoms with E-state index in [1.807, 2.05) is 0 Å². The van der Waals surface area contributed by atoms with Crippen molar-refractivity contribution in [2.24, 2.45) is 5.92 Å². The molecule has 2 saturated carbocycles. The molecule has 2 aliphatic carbocycles. The molecule has 58 valence electrons. The van der Waals surface area contributed by atoms with E-state index in [0.717, 1.165) is 12.8 Å². The Labute approximate surface area is 62.4 Å². The molecule has 0 aliphatic heterocycles. The number of hydrogen-bond donors (Lipinski definition) is 1. The minimum Gasteiger partial charge on any atom is -0.390 e. The van der Waals surface area contributed by atoms with Crippen molar-refractivity contribution < 1.29 is 5.11 Å². The molecule has 1 unspecified atom stereocenters. The summed E-state index contributed by atoms with van der Waals surface area (Å²) in [5.74, 6) is 0.668. The summed E-state index contributed by atoms with van der Waals surface area (Å²) in [5, 5.41) is 10.0. The Morgan fingerprint density at radius 2 is 1.70 bits per heavy atom. The molecule has 1 nitrogen and oxygen atoms in total. The molecule has 10 heavy (non-hydrogen) atoms. The van der Waals surface area contributed by atoms with Crippen LogP contribution in [0.25, 0.3) is 0 Å². The van der Waals surface area contributed by atoms with Gasteiger partial charge in [0.05, 0.1) is 5.60 Å². The maximum Gasteiger partial charge on any atom is 0.0675 e. The summed E-state index contributed by atoms with van der Waals surface area (Å²) in [5.41, 5.74) is -0.210. The van der Waals surface area contributed by atoms with Gasteiger partial charge in [-0.1, -0.05) is 19.3 Å². The number of rotatable bonds is 0. The van der Waals surface area contributed by atoms with Crippen LogP contribution in [0, 0.1) is 5.92 Å². The molecule has 0 bridgehead atoms. The van der Waals surface area contributed by atoms with Crippen molar-refractivity contribution in [1.29, 1.82) is 0 Å². The van der Waals surface area contributed by atoms with Gasteiger partial charge >= 0.3 is 0 Å². The van der Waals surface area contributed by atoms with Crippen molar-refractivity contribution in [3.63, 3.8) is 0 Å². The Morgan fingerprint density at radius 3 is 2.50 bits per heavy atom. The van der Waals surface area contributed by atoms with E-state index in [4.69, 9.17) is 0 Å². The van der Waals surface area contributed by atoms with Gasteiger partial charge in [0, 0.05) is 0 Å². The third kappa shape index (κ3) is 0.878. The molecule has 0 aromatic carbocycles. The first-order chi connectivity index (χ1) is 4.81. The average Bonchev–Trinajstić information content (AvgIpc) is 2.29. The first-order valence-electron chi connectivity index (χ1n) is 4.54. The third-order valence-corrected chi connectivity index (χ3v) is 3.33. The van der Waals surface area contributed by atoms with Crippen LogP contribution in [-0.4, -0.2) is 10.7 Å². The smallest absolute Gasteiger partial charge is 0.0675 e. The maximum atomic E-state index is 10.0. The Hall–Kier alpha value is -0.0400. The van der Waals surface area contributed by atoms with Gasteiger partial charge in [-0.25, -0.2) is 0 Å². The number of aliphatic hydroxyl groups is 1. The van der Waals surface area contributed by atoms with Gasteiger partial charge in [-0.3, -0.25) is 0 Å². The minimum absolute atomic E-state index is 0.210. The van der Waals surface area contributed by atoms with Gasteiger partial charge < -0.3 is 5.11 Å². The van der Waals surface area contributed by atoms with Crippen molar-refractivity contribution >= 4 is 0 Å². The molecule has 2 fully saturated rings. The zero-order valence-corrected chi connectivity index (χ0v) is 6.47. The predicted molar refractivity (Wildman–Crippen MR) is 40.8 cm³/mol. The molecule has 0 aromatic rings. The van der Waals surface area contributed by atoms with Crippen LogP contribution in [-0.2, 0) is 0 Å². The van der Waals surface area contributed by atoms with Crippen molar-refractivity contribution in [2.45, 2.75) is 50.5 Å². The van der Waals surface area contributed by atoms with Gasteiger partial charge in [0.2, 0.25) is 0 Å². The van der Waals surface area contributed by atoms with Gasteiger partial charge in [0.25, 0.3) is 0 Å². The summed E-state index contributed by atoms with van der Waals surface area (Å²) in [6, 6.07) is 0. The van der Waals surface area contributed by atoms with Crippen LogP contribution >= 0.6 is 0 Å². The van der Waals surface area contributed by atoms with E-state index in [9.17, 15) is 5.11 Å². The summed E-state index contributed by atoms with van der Waals surface area (Å²) < 4.78 is 0. The lowest BCUT2D eigenvalue weighted by Crippen LogP contribution is -2.35. The van der Waals surface area contributed by atoms with Crippen LogP contribution in [0.3, 0.4) is 0 Å². The second-order valence-corrected chi connectivity index (χ2v) is 3.94. The predicted octanol–water partition coefficient (Wildman–Crippen LogP) is 2.09. The second-order valence-electron chi connectivity index (χ2n) is 3.94. The Kier molecular flexibility index (Phi) is 1.48. The fourth-order valence-corrected chi connectivity index (χ4v) is 2.69. The molecule has 0 amide bonds. The highest BCUT2D eigenvalue weighted by molar-refractivity contribution is 4.94. The van der Waals surface area contributed by atoms with Gasteiger partial charge in [-0.2, -0.15) is 0 Å². The summed E-state index contributed by atoms with van der Waals surface area (Å²) in [6.07, 6.45) is 8.61. The topological polar surface area (TPSA) is 20.2 Å². The SMILES string of the molecule is O[C@]12CCCCC1CCC2. The van der Waals surface area contributed by atoms with Gasteiger partial charge in [-0.15, -0.1) is 0 Å². The maximum absolute atomic E-state index is 10.0. The van der Waals surface area contributed by atoms with Gasteiger partial charge in [-0.05, 0) is 31.6 Å². The van der Waals surface area contributed by atoms with E-state index in [0.29, 0.717) is 5.92 Å². The van der Waals surface area contributed by atoms with E-state index in [2.05, 4.69) is 0 Å². The average molecular weight is 140 g/mol. The summed E-state index contributed by atoms with van der Waals surface area (Å²) in [7, 11) is 0. The molecule has 2 atom stereocenters. The van der Waals surface area contributed by atoms with Crippen LogP contribution in [0.4, 0.5) is 0 Å². The van der Waals surface area contributed by atoms with Crippen LogP contribution in [0.1, 0.15) is 44.9 Å². The molecule has 2 rings (SSSR count). The van der Waals surface area contributed by atoms with E-state index >= 15 is 0 Å². The third-order valence-electron chi connectivity index (χ3n) is 3.33. The highest BCUT2D eigenvalue weighted by Crippen LogP contribution is 2.45. The first kappa shape index (κ1) is 6.66. The van der Waals surface area contributed by atoms with E-state index in [-0.39, 0.29) is 5.60 Å². The van der Waals surface area contributed by atoms with Gasteiger partial charge in [0.15, 0.2) is 0 Å².